The average Bonchev–Trinajstić information content (AvgIpc) is 2.27. The summed E-state index contributed by atoms with van der Waals surface area (Å²) in [6.45, 7) is 6.60. The van der Waals surface area contributed by atoms with Crippen molar-refractivity contribution >= 4 is 6.09 Å². The van der Waals surface area contributed by atoms with Gasteiger partial charge in [-0.1, -0.05) is 6.07 Å². The van der Waals surface area contributed by atoms with Crippen LogP contribution in [0.2, 0.25) is 0 Å². The smallest absolute Gasteiger partial charge is 0.410 e. The van der Waals surface area contributed by atoms with E-state index >= 15 is 0 Å². The van der Waals surface area contributed by atoms with Crippen molar-refractivity contribution < 1.29 is 9.53 Å². The van der Waals surface area contributed by atoms with Crippen LogP contribution in [0.15, 0.2) is 24.4 Å². The van der Waals surface area contributed by atoms with Gasteiger partial charge in [-0.15, -0.1) is 0 Å². The van der Waals surface area contributed by atoms with E-state index in [4.69, 9.17) is 4.74 Å². The molecule has 0 radical (unpaired) electrons. The third-order valence-corrected chi connectivity index (χ3v) is 2.18. The van der Waals surface area contributed by atoms with Gasteiger partial charge in [-0.25, -0.2) is 4.79 Å². The first-order valence-electron chi connectivity index (χ1n) is 5.48. The van der Waals surface area contributed by atoms with Crippen LogP contribution in [0.4, 0.5) is 4.79 Å². The fourth-order valence-electron chi connectivity index (χ4n) is 1.33. The van der Waals surface area contributed by atoms with Gasteiger partial charge in [0.1, 0.15) is 0 Å². The van der Waals surface area contributed by atoms with Crippen LogP contribution in [0.1, 0.15) is 26.5 Å². The largest absolute Gasteiger partial charge is 0.450 e. The van der Waals surface area contributed by atoms with E-state index in [-0.39, 0.29) is 12.1 Å². The quantitative estimate of drug-likeness (QED) is 0.785. The van der Waals surface area contributed by atoms with E-state index in [1.165, 1.54) is 0 Å². The van der Waals surface area contributed by atoms with Gasteiger partial charge in [0, 0.05) is 12.2 Å². The van der Waals surface area contributed by atoms with E-state index in [1.807, 2.05) is 32.0 Å². The molecule has 0 unspecified atom stereocenters. The molecule has 4 nitrogen and oxygen atoms in total. The molecular weight excluding hydrogens is 204 g/mol. The van der Waals surface area contributed by atoms with E-state index in [0.29, 0.717) is 13.2 Å². The van der Waals surface area contributed by atoms with Crippen LogP contribution in [0, 0.1) is 0 Å². The molecule has 0 spiro atoms. The standard InChI is InChI=1S/C12H18N2O2/c1-4-16-12(15)14(10(2)3)9-11-7-5-6-8-13-11/h5-8,10H,4,9H2,1-3H3. The number of hydrogen-bond donors (Lipinski definition) is 0. The molecule has 1 aromatic heterocycles. The number of hydrogen-bond acceptors (Lipinski definition) is 3. The number of carbonyl (C=O) groups excluding carboxylic acids is 1. The second-order valence-electron chi connectivity index (χ2n) is 3.74. The zero-order valence-electron chi connectivity index (χ0n) is 10.0. The Morgan fingerprint density at radius 1 is 1.50 bits per heavy atom. The monoisotopic (exact) mass is 222 g/mol. The molecule has 4 heteroatoms. The van der Waals surface area contributed by atoms with Gasteiger partial charge in [0.05, 0.1) is 18.8 Å². The lowest BCUT2D eigenvalue weighted by Gasteiger charge is -2.25. The number of rotatable bonds is 4. The van der Waals surface area contributed by atoms with Crippen molar-refractivity contribution in [3.63, 3.8) is 0 Å². The lowest BCUT2D eigenvalue weighted by atomic mass is 10.3. The molecule has 0 saturated carbocycles. The average molecular weight is 222 g/mol. The van der Waals surface area contributed by atoms with Crippen molar-refractivity contribution in [2.45, 2.75) is 33.4 Å². The van der Waals surface area contributed by atoms with Gasteiger partial charge in [0.15, 0.2) is 0 Å². The summed E-state index contributed by atoms with van der Waals surface area (Å²) in [7, 11) is 0. The minimum absolute atomic E-state index is 0.0982. The summed E-state index contributed by atoms with van der Waals surface area (Å²) in [5.74, 6) is 0. The van der Waals surface area contributed by atoms with Gasteiger partial charge in [-0.05, 0) is 32.9 Å². The van der Waals surface area contributed by atoms with E-state index in [9.17, 15) is 4.79 Å². The topological polar surface area (TPSA) is 42.4 Å². The molecule has 88 valence electrons. The molecular formula is C12H18N2O2. The molecule has 0 N–H and O–H groups in total. The van der Waals surface area contributed by atoms with Gasteiger partial charge < -0.3 is 4.74 Å². The first kappa shape index (κ1) is 12.5. The molecule has 0 fully saturated rings. The third kappa shape index (κ3) is 3.53. The van der Waals surface area contributed by atoms with Crippen molar-refractivity contribution in [3.8, 4) is 0 Å². The fourth-order valence-corrected chi connectivity index (χ4v) is 1.33. The van der Waals surface area contributed by atoms with E-state index in [1.54, 1.807) is 18.0 Å². The van der Waals surface area contributed by atoms with Crippen LogP contribution >= 0.6 is 0 Å². The number of amides is 1. The predicted octanol–water partition coefficient (Wildman–Crippen LogP) is 2.45. The Bertz CT molecular complexity index is 325. The summed E-state index contributed by atoms with van der Waals surface area (Å²) < 4.78 is 5.00. The first-order valence-corrected chi connectivity index (χ1v) is 5.48. The number of pyridine rings is 1. The van der Waals surface area contributed by atoms with Crippen molar-refractivity contribution in [2.24, 2.45) is 0 Å². The molecule has 0 saturated heterocycles. The van der Waals surface area contributed by atoms with Crippen LogP contribution in [0.5, 0.6) is 0 Å². The number of carbonyl (C=O) groups is 1. The van der Waals surface area contributed by atoms with Crippen LogP contribution in [-0.4, -0.2) is 28.6 Å². The molecule has 0 bridgehead atoms. The summed E-state index contributed by atoms with van der Waals surface area (Å²) in [4.78, 5) is 17.5. The maximum atomic E-state index is 11.7. The molecule has 1 rings (SSSR count). The molecule has 1 amide bonds. The Hall–Kier alpha value is -1.58. The highest BCUT2D eigenvalue weighted by Crippen LogP contribution is 2.07. The van der Waals surface area contributed by atoms with Crippen LogP contribution < -0.4 is 0 Å². The highest BCUT2D eigenvalue weighted by atomic mass is 16.6. The molecule has 1 heterocycles. The lowest BCUT2D eigenvalue weighted by molar-refractivity contribution is 0.0924. The molecule has 0 aliphatic rings. The summed E-state index contributed by atoms with van der Waals surface area (Å²) in [6.07, 6.45) is 1.43. The normalized spacial score (nSPS) is 10.2. The maximum absolute atomic E-state index is 11.7. The lowest BCUT2D eigenvalue weighted by Crippen LogP contribution is -2.37. The van der Waals surface area contributed by atoms with Gasteiger partial charge in [-0.2, -0.15) is 0 Å². The molecule has 0 aliphatic heterocycles. The number of nitrogens with zero attached hydrogens (tertiary/aromatic N) is 2. The van der Waals surface area contributed by atoms with Crippen molar-refractivity contribution in [2.75, 3.05) is 6.61 Å². The molecule has 0 aromatic carbocycles. The molecule has 1 aromatic rings. The zero-order chi connectivity index (χ0) is 12.0. The zero-order valence-corrected chi connectivity index (χ0v) is 10.0. The van der Waals surface area contributed by atoms with Gasteiger partial charge in [0.25, 0.3) is 0 Å². The van der Waals surface area contributed by atoms with Crippen molar-refractivity contribution in [3.05, 3.63) is 30.1 Å². The van der Waals surface area contributed by atoms with E-state index in [0.717, 1.165) is 5.69 Å². The molecule has 0 atom stereocenters. The van der Waals surface area contributed by atoms with Crippen molar-refractivity contribution in [1.29, 1.82) is 0 Å². The molecule has 16 heavy (non-hydrogen) atoms. The number of ether oxygens (including phenoxy) is 1. The Labute approximate surface area is 96.2 Å². The van der Waals surface area contributed by atoms with Crippen LogP contribution in [-0.2, 0) is 11.3 Å². The second-order valence-corrected chi connectivity index (χ2v) is 3.74. The predicted molar refractivity (Wildman–Crippen MR) is 61.9 cm³/mol. The summed E-state index contributed by atoms with van der Waals surface area (Å²) in [6, 6.07) is 5.76. The van der Waals surface area contributed by atoms with Gasteiger partial charge >= 0.3 is 6.09 Å². The highest BCUT2D eigenvalue weighted by molar-refractivity contribution is 5.67. The molecule has 0 aliphatic carbocycles. The maximum Gasteiger partial charge on any atom is 0.410 e. The summed E-state index contributed by atoms with van der Waals surface area (Å²) in [5, 5.41) is 0. The second kappa shape index (κ2) is 6.10. The van der Waals surface area contributed by atoms with Gasteiger partial charge in [0.2, 0.25) is 0 Å². The SMILES string of the molecule is CCOC(=O)N(Cc1ccccn1)C(C)C. The van der Waals surface area contributed by atoms with Crippen molar-refractivity contribution in [1.82, 2.24) is 9.88 Å². The van der Waals surface area contributed by atoms with Crippen LogP contribution in [0.25, 0.3) is 0 Å². The van der Waals surface area contributed by atoms with Crippen LogP contribution in [0.3, 0.4) is 0 Å². The van der Waals surface area contributed by atoms with E-state index in [2.05, 4.69) is 4.98 Å². The minimum atomic E-state index is -0.289. The Balaban J connectivity index is 2.69. The number of aromatic nitrogens is 1. The van der Waals surface area contributed by atoms with Gasteiger partial charge in [-0.3, -0.25) is 9.88 Å². The Morgan fingerprint density at radius 2 is 2.25 bits per heavy atom. The minimum Gasteiger partial charge on any atom is -0.450 e. The first-order chi connectivity index (χ1) is 7.65. The highest BCUT2D eigenvalue weighted by Gasteiger charge is 2.18. The Kier molecular flexibility index (Phi) is 4.76. The summed E-state index contributed by atoms with van der Waals surface area (Å²) >= 11 is 0. The third-order valence-electron chi connectivity index (χ3n) is 2.18. The van der Waals surface area contributed by atoms with E-state index < -0.39 is 0 Å². The Morgan fingerprint density at radius 3 is 2.75 bits per heavy atom. The summed E-state index contributed by atoms with van der Waals surface area (Å²) in [5.41, 5.74) is 0.865. The fraction of sp³-hybridized carbons (Fsp3) is 0.500.